The lowest BCUT2D eigenvalue weighted by atomic mass is 9.98. The van der Waals surface area contributed by atoms with Gasteiger partial charge in [-0.3, -0.25) is 0 Å². The van der Waals surface area contributed by atoms with Crippen molar-refractivity contribution >= 4 is 35.8 Å². The molecule has 0 bridgehead atoms. The number of aliphatic hydroxyl groups is 1. The number of hydrogen-bond donors (Lipinski definition) is 2. The van der Waals surface area contributed by atoms with Crippen LogP contribution in [0.5, 0.6) is 5.75 Å². The first-order valence-corrected chi connectivity index (χ1v) is 8.31. The molecular weight excluding hydrogens is 331 g/mol. The second-order valence-electron chi connectivity index (χ2n) is 5.04. The van der Waals surface area contributed by atoms with Crippen LogP contribution in [-0.2, 0) is 9.30 Å². The second-order valence-corrected chi connectivity index (χ2v) is 5.70. The van der Waals surface area contributed by atoms with Gasteiger partial charge in [0.25, 0.3) is 0 Å². The summed E-state index contributed by atoms with van der Waals surface area (Å²) in [6.07, 6.45) is 0. The van der Waals surface area contributed by atoms with Crippen LogP contribution in [0.15, 0.2) is 48.5 Å². The fraction of sp³-hybridized carbons (Fsp3) is 0.118. The summed E-state index contributed by atoms with van der Waals surface area (Å²) in [6.45, 7) is -0.280. The van der Waals surface area contributed by atoms with Crippen LogP contribution in [0.4, 0.5) is 0 Å². The molecule has 0 spiro atoms. The van der Waals surface area contributed by atoms with Crippen LogP contribution in [0.1, 0.15) is 10.4 Å². The smallest absolute Gasteiger partial charge is 0.460 e. The third-order valence-electron chi connectivity index (χ3n) is 3.58. The van der Waals surface area contributed by atoms with E-state index in [0.717, 1.165) is 21.5 Å². The molecule has 0 heterocycles. The third-order valence-corrected chi connectivity index (χ3v) is 3.94. The highest BCUT2D eigenvalue weighted by atomic mass is 31.1. The lowest BCUT2D eigenvalue weighted by Gasteiger charge is -2.09. The van der Waals surface area contributed by atoms with E-state index in [1.54, 1.807) is 42.5 Å². The van der Waals surface area contributed by atoms with E-state index in [-0.39, 0.29) is 13.2 Å². The maximum absolute atomic E-state index is 12.1. The van der Waals surface area contributed by atoms with Gasteiger partial charge in [-0.2, -0.15) is 0 Å². The molecule has 0 aliphatic heterocycles. The number of rotatable bonds is 5. The zero-order valence-electron chi connectivity index (χ0n) is 12.5. The Labute approximate surface area is 138 Å². The van der Waals surface area contributed by atoms with Crippen molar-refractivity contribution in [2.75, 3.05) is 13.2 Å². The average Bonchev–Trinajstić information content (AvgIpc) is 2.58. The van der Waals surface area contributed by atoms with Crippen LogP contribution in [0.2, 0.25) is 0 Å². The van der Waals surface area contributed by atoms with Gasteiger partial charge in [0.1, 0.15) is 6.61 Å². The summed E-state index contributed by atoms with van der Waals surface area (Å²) in [6, 6.07) is 13.9. The Bertz CT molecular complexity index is 937. The van der Waals surface area contributed by atoms with E-state index in [1.807, 2.05) is 6.07 Å². The van der Waals surface area contributed by atoms with Gasteiger partial charge >= 0.3 is 14.2 Å². The molecule has 7 heteroatoms. The minimum Gasteiger partial charge on any atom is -0.460 e. The fourth-order valence-electron chi connectivity index (χ4n) is 2.62. The van der Waals surface area contributed by atoms with Crippen molar-refractivity contribution in [3.8, 4) is 5.75 Å². The number of esters is 1. The molecule has 1 unspecified atom stereocenters. The molecule has 6 nitrogen and oxygen atoms in total. The first-order valence-electron chi connectivity index (χ1n) is 7.18. The summed E-state index contributed by atoms with van der Waals surface area (Å²) >= 11 is 0. The fourth-order valence-corrected chi connectivity index (χ4v) is 2.91. The molecule has 0 fully saturated rings. The first kappa shape index (κ1) is 16.3. The summed E-state index contributed by atoms with van der Waals surface area (Å²) in [5, 5.41) is 12.1. The van der Waals surface area contributed by atoms with Crippen LogP contribution >= 0.6 is 8.25 Å². The van der Waals surface area contributed by atoms with Crippen molar-refractivity contribution < 1.29 is 28.6 Å². The molecule has 3 aromatic carbocycles. The maximum atomic E-state index is 12.1. The summed E-state index contributed by atoms with van der Waals surface area (Å²) in [5.74, 6) is -0.199. The Morgan fingerprint density at radius 1 is 1.04 bits per heavy atom. The zero-order valence-corrected chi connectivity index (χ0v) is 13.4. The molecule has 0 saturated carbocycles. The van der Waals surface area contributed by atoms with E-state index in [1.165, 1.54) is 0 Å². The quantitative estimate of drug-likeness (QED) is 0.419. The van der Waals surface area contributed by atoms with Crippen molar-refractivity contribution in [1.82, 2.24) is 0 Å². The van der Waals surface area contributed by atoms with Crippen molar-refractivity contribution in [2.45, 2.75) is 0 Å². The Morgan fingerprint density at radius 2 is 1.83 bits per heavy atom. The van der Waals surface area contributed by atoms with E-state index in [2.05, 4.69) is 0 Å². The molecule has 122 valence electrons. The normalized spacial score (nSPS) is 11.5. The summed E-state index contributed by atoms with van der Waals surface area (Å²) < 4.78 is 20.6. The minimum atomic E-state index is -2.72. The molecule has 0 amide bonds. The van der Waals surface area contributed by atoms with Gasteiger partial charge in [0.15, 0.2) is 5.75 Å². The molecule has 0 saturated heterocycles. The monoisotopic (exact) mass is 345 g/mol. The molecular formula is C17H14O6P+. The number of hydrogen-bond acceptors (Lipinski definition) is 5. The van der Waals surface area contributed by atoms with Crippen LogP contribution in [0.25, 0.3) is 21.5 Å². The molecule has 0 aliphatic carbocycles. The SMILES string of the molecule is O=C(OCCO)c1cccc2c1ccc1cc(O[P+](=O)O)ccc12. The molecule has 0 aromatic heterocycles. The largest absolute Gasteiger partial charge is 0.747 e. The minimum absolute atomic E-state index is 0.0527. The van der Waals surface area contributed by atoms with Crippen LogP contribution in [0.3, 0.4) is 0 Å². The maximum Gasteiger partial charge on any atom is 0.747 e. The molecule has 24 heavy (non-hydrogen) atoms. The molecule has 3 rings (SSSR count). The van der Waals surface area contributed by atoms with E-state index >= 15 is 0 Å². The Balaban J connectivity index is 2.11. The molecule has 0 radical (unpaired) electrons. The van der Waals surface area contributed by atoms with E-state index < -0.39 is 14.2 Å². The van der Waals surface area contributed by atoms with E-state index in [4.69, 9.17) is 19.3 Å². The lowest BCUT2D eigenvalue weighted by molar-refractivity contribution is 0.0436. The number of carbonyl (C=O) groups excluding carboxylic acids is 1. The number of fused-ring (bicyclic) bond motifs is 3. The number of carbonyl (C=O) groups is 1. The highest BCUT2D eigenvalue weighted by Crippen LogP contribution is 2.32. The van der Waals surface area contributed by atoms with Gasteiger partial charge in [0.2, 0.25) is 0 Å². The van der Waals surface area contributed by atoms with Gasteiger partial charge in [-0.1, -0.05) is 24.3 Å². The summed E-state index contributed by atoms with van der Waals surface area (Å²) in [4.78, 5) is 21.0. The van der Waals surface area contributed by atoms with Gasteiger partial charge in [-0.25, -0.2) is 9.32 Å². The highest BCUT2D eigenvalue weighted by molar-refractivity contribution is 7.32. The molecule has 0 aliphatic rings. The molecule has 2 N–H and O–H groups in total. The zero-order chi connectivity index (χ0) is 17.1. The number of ether oxygens (including phenoxy) is 1. The summed E-state index contributed by atoms with van der Waals surface area (Å²) in [7, 11) is -2.72. The molecule has 3 aromatic rings. The van der Waals surface area contributed by atoms with Crippen LogP contribution < -0.4 is 4.52 Å². The summed E-state index contributed by atoms with van der Waals surface area (Å²) in [5.41, 5.74) is 0.418. The molecule has 1 atom stereocenters. The van der Waals surface area contributed by atoms with Crippen molar-refractivity contribution in [3.05, 3.63) is 54.1 Å². The van der Waals surface area contributed by atoms with Gasteiger partial charge < -0.3 is 9.84 Å². The first-order chi connectivity index (χ1) is 11.6. The van der Waals surface area contributed by atoms with Crippen LogP contribution in [0, 0.1) is 0 Å². The Morgan fingerprint density at radius 3 is 2.58 bits per heavy atom. The van der Waals surface area contributed by atoms with Crippen molar-refractivity contribution in [3.63, 3.8) is 0 Å². The van der Waals surface area contributed by atoms with Gasteiger partial charge in [0.05, 0.1) is 12.2 Å². The lowest BCUT2D eigenvalue weighted by Crippen LogP contribution is -2.09. The standard InChI is InChI=1S/C17H13O6P/c18-8-9-22-17(19)16-3-1-2-14-13-7-5-12(23-24(20)21)10-11(13)4-6-15(14)16/h1-7,10,18H,8-9H2/p+1. The predicted octanol–water partition coefficient (Wildman–Crippen LogP) is 3.17. The van der Waals surface area contributed by atoms with E-state index in [9.17, 15) is 9.36 Å². The topological polar surface area (TPSA) is 93.1 Å². The number of aliphatic hydroxyl groups excluding tert-OH is 1. The van der Waals surface area contributed by atoms with Gasteiger partial charge in [-0.15, -0.1) is 4.89 Å². The predicted molar refractivity (Wildman–Crippen MR) is 89.3 cm³/mol. The average molecular weight is 345 g/mol. The third kappa shape index (κ3) is 3.21. The Hall–Kier alpha value is -2.53. The van der Waals surface area contributed by atoms with Crippen LogP contribution in [-0.4, -0.2) is 29.2 Å². The second kappa shape index (κ2) is 6.93. The van der Waals surface area contributed by atoms with Crippen molar-refractivity contribution in [2.24, 2.45) is 0 Å². The van der Waals surface area contributed by atoms with Gasteiger partial charge in [-0.05, 0) is 45.8 Å². The van der Waals surface area contributed by atoms with E-state index in [0.29, 0.717) is 11.3 Å². The van der Waals surface area contributed by atoms with Crippen molar-refractivity contribution in [1.29, 1.82) is 0 Å². The number of benzene rings is 3. The van der Waals surface area contributed by atoms with Gasteiger partial charge in [0, 0.05) is 4.57 Å². The Kier molecular flexibility index (Phi) is 4.71. The highest BCUT2D eigenvalue weighted by Gasteiger charge is 2.16.